The lowest BCUT2D eigenvalue weighted by Crippen LogP contribution is -2.45. The van der Waals surface area contributed by atoms with Crippen LogP contribution in [0, 0.1) is 11.7 Å². The molecule has 0 saturated carbocycles. The number of hydrogen-bond acceptors (Lipinski definition) is 4. The SMILES string of the molecule is COc1cccc(CCCNC(=O)C2CCCN(S(=O)(=O)c3ccc(F)cc3)C2)c1. The van der Waals surface area contributed by atoms with Gasteiger partial charge in [0.1, 0.15) is 11.6 Å². The van der Waals surface area contributed by atoms with Crippen LogP contribution in [0.1, 0.15) is 24.8 Å². The van der Waals surface area contributed by atoms with Crippen molar-refractivity contribution in [2.24, 2.45) is 5.92 Å². The Kier molecular flexibility index (Phi) is 7.44. The summed E-state index contributed by atoms with van der Waals surface area (Å²) in [4.78, 5) is 12.6. The lowest BCUT2D eigenvalue weighted by atomic mass is 9.99. The van der Waals surface area contributed by atoms with Crippen molar-refractivity contribution in [2.75, 3.05) is 26.7 Å². The van der Waals surface area contributed by atoms with E-state index in [1.54, 1.807) is 7.11 Å². The molecule has 1 aliphatic heterocycles. The first-order valence-electron chi connectivity index (χ1n) is 10.1. The maximum absolute atomic E-state index is 13.1. The van der Waals surface area contributed by atoms with Crippen molar-refractivity contribution in [2.45, 2.75) is 30.6 Å². The highest BCUT2D eigenvalue weighted by Crippen LogP contribution is 2.24. The highest BCUT2D eigenvalue weighted by molar-refractivity contribution is 7.89. The monoisotopic (exact) mass is 434 g/mol. The first-order valence-corrected chi connectivity index (χ1v) is 11.5. The smallest absolute Gasteiger partial charge is 0.243 e. The molecule has 1 saturated heterocycles. The van der Waals surface area contributed by atoms with Crippen molar-refractivity contribution < 1.29 is 22.3 Å². The summed E-state index contributed by atoms with van der Waals surface area (Å²) in [6.07, 6.45) is 2.86. The predicted octanol–water partition coefficient (Wildman–Crippen LogP) is 2.98. The maximum atomic E-state index is 13.1. The van der Waals surface area contributed by atoms with Crippen molar-refractivity contribution in [3.8, 4) is 5.75 Å². The van der Waals surface area contributed by atoms with Crippen LogP contribution in [0.15, 0.2) is 53.4 Å². The van der Waals surface area contributed by atoms with E-state index in [9.17, 15) is 17.6 Å². The number of carbonyl (C=O) groups is 1. The van der Waals surface area contributed by atoms with Gasteiger partial charge in [-0.1, -0.05) is 12.1 Å². The number of amides is 1. The number of hydrogen-bond donors (Lipinski definition) is 1. The summed E-state index contributed by atoms with van der Waals surface area (Å²) in [6, 6.07) is 12.6. The molecule has 1 fully saturated rings. The van der Waals surface area contributed by atoms with E-state index in [1.165, 1.54) is 16.4 Å². The summed E-state index contributed by atoms with van der Waals surface area (Å²) in [6.45, 7) is 1.03. The molecule has 3 rings (SSSR count). The molecule has 0 radical (unpaired) electrons. The van der Waals surface area contributed by atoms with Crippen LogP contribution in [0.2, 0.25) is 0 Å². The lowest BCUT2D eigenvalue weighted by Gasteiger charge is -2.31. The minimum Gasteiger partial charge on any atom is -0.497 e. The quantitative estimate of drug-likeness (QED) is 0.648. The number of halogens is 1. The molecule has 2 aromatic rings. The van der Waals surface area contributed by atoms with Gasteiger partial charge in [0.15, 0.2) is 0 Å². The van der Waals surface area contributed by atoms with E-state index in [2.05, 4.69) is 5.32 Å². The summed E-state index contributed by atoms with van der Waals surface area (Å²) in [5, 5.41) is 2.93. The Labute approximate surface area is 177 Å². The molecule has 30 heavy (non-hydrogen) atoms. The second-order valence-electron chi connectivity index (χ2n) is 7.40. The van der Waals surface area contributed by atoms with Gasteiger partial charge in [0, 0.05) is 19.6 Å². The van der Waals surface area contributed by atoms with Crippen molar-refractivity contribution in [3.63, 3.8) is 0 Å². The first kappa shape index (κ1) is 22.2. The number of carbonyl (C=O) groups excluding carboxylic acids is 1. The number of nitrogens with one attached hydrogen (secondary N) is 1. The maximum Gasteiger partial charge on any atom is 0.243 e. The molecule has 1 N–H and O–H groups in total. The van der Waals surface area contributed by atoms with E-state index < -0.39 is 15.8 Å². The van der Waals surface area contributed by atoms with E-state index >= 15 is 0 Å². The van der Waals surface area contributed by atoms with Crippen LogP contribution in [0.3, 0.4) is 0 Å². The van der Waals surface area contributed by atoms with Crippen molar-refractivity contribution >= 4 is 15.9 Å². The van der Waals surface area contributed by atoms with Gasteiger partial charge in [0.2, 0.25) is 15.9 Å². The Morgan fingerprint density at radius 2 is 2.00 bits per heavy atom. The zero-order chi connectivity index (χ0) is 21.6. The molecule has 2 aromatic carbocycles. The van der Waals surface area contributed by atoms with Crippen LogP contribution >= 0.6 is 0 Å². The molecule has 162 valence electrons. The van der Waals surface area contributed by atoms with Gasteiger partial charge in [-0.25, -0.2) is 12.8 Å². The number of benzene rings is 2. The number of rotatable bonds is 8. The van der Waals surface area contributed by atoms with Crippen LogP contribution in [0.25, 0.3) is 0 Å². The van der Waals surface area contributed by atoms with Crippen LogP contribution in [-0.2, 0) is 21.2 Å². The number of methoxy groups -OCH3 is 1. The molecule has 1 heterocycles. The summed E-state index contributed by atoms with van der Waals surface area (Å²) >= 11 is 0. The summed E-state index contributed by atoms with van der Waals surface area (Å²) < 4.78 is 45.2. The van der Waals surface area contributed by atoms with E-state index in [0.29, 0.717) is 25.9 Å². The number of ether oxygens (including phenoxy) is 1. The van der Waals surface area contributed by atoms with Crippen molar-refractivity contribution in [1.82, 2.24) is 9.62 Å². The number of piperidine rings is 1. The van der Waals surface area contributed by atoms with Gasteiger partial charge in [-0.2, -0.15) is 4.31 Å². The average Bonchev–Trinajstić information content (AvgIpc) is 2.77. The Balaban J connectivity index is 1.50. The van der Waals surface area contributed by atoms with Crippen LogP contribution in [-0.4, -0.2) is 45.4 Å². The van der Waals surface area contributed by atoms with E-state index in [0.717, 1.165) is 36.3 Å². The second-order valence-corrected chi connectivity index (χ2v) is 9.34. The molecule has 1 amide bonds. The second kappa shape index (κ2) is 10.0. The van der Waals surface area contributed by atoms with Crippen LogP contribution in [0.5, 0.6) is 5.75 Å². The Hall–Kier alpha value is -2.45. The number of aryl methyl sites for hydroxylation is 1. The topological polar surface area (TPSA) is 75.7 Å². The first-order chi connectivity index (χ1) is 14.4. The van der Waals surface area contributed by atoms with E-state index in [4.69, 9.17) is 4.74 Å². The number of sulfonamides is 1. The zero-order valence-corrected chi connectivity index (χ0v) is 17.8. The van der Waals surface area contributed by atoms with Gasteiger partial charge in [-0.05, 0) is 67.6 Å². The standard InChI is InChI=1S/C22H27FN2O4S/c1-29-20-8-2-5-17(15-20)6-3-13-24-22(26)18-7-4-14-25(16-18)30(27,28)21-11-9-19(23)10-12-21/h2,5,8-12,15,18H,3-4,6-7,13-14,16H2,1H3,(H,24,26). The highest BCUT2D eigenvalue weighted by atomic mass is 32.2. The van der Waals surface area contributed by atoms with E-state index in [1.807, 2.05) is 24.3 Å². The Morgan fingerprint density at radius 1 is 1.23 bits per heavy atom. The molecule has 0 bridgehead atoms. The molecular formula is C22H27FN2O4S. The third kappa shape index (κ3) is 5.58. The van der Waals surface area contributed by atoms with Gasteiger partial charge in [0.25, 0.3) is 0 Å². The molecule has 6 nitrogen and oxygen atoms in total. The van der Waals surface area contributed by atoms with Gasteiger partial charge < -0.3 is 10.1 Å². The summed E-state index contributed by atoms with van der Waals surface area (Å²) in [5.41, 5.74) is 1.14. The minimum absolute atomic E-state index is 0.0447. The number of nitrogens with zero attached hydrogens (tertiary/aromatic N) is 1. The Morgan fingerprint density at radius 3 is 2.73 bits per heavy atom. The van der Waals surface area contributed by atoms with Crippen LogP contribution < -0.4 is 10.1 Å². The van der Waals surface area contributed by atoms with Crippen molar-refractivity contribution in [3.05, 3.63) is 59.9 Å². The van der Waals surface area contributed by atoms with Gasteiger partial charge >= 0.3 is 0 Å². The van der Waals surface area contributed by atoms with Crippen molar-refractivity contribution in [1.29, 1.82) is 0 Å². The summed E-state index contributed by atoms with van der Waals surface area (Å²) in [5.74, 6) is -0.189. The Bertz CT molecular complexity index is 963. The normalized spacial score (nSPS) is 17.5. The molecule has 1 atom stereocenters. The molecule has 0 aromatic heterocycles. The molecule has 8 heteroatoms. The largest absolute Gasteiger partial charge is 0.497 e. The molecule has 0 aliphatic carbocycles. The lowest BCUT2D eigenvalue weighted by molar-refractivity contribution is -0.126. The fourth-order valence-electron chi connectivity index (χ4n) is 3.61. The summed E-state index contributed by atoms with van der Waals surface area (Å²) in [7, 11) is -2.11. The third-order valence-corrected chi connectivity index (χ3v) is 7.16. The average molecular weight is 435 g/mol. The van der Waals surface area contributed by atoms with E-state index in [-0.39, 0.29) is 23.3 Å². The fraction of sp³-hybridized carbons (Fsp3) is 0.409. The highest BCUT2D eigenvalue weighted by Gasteiger charge is 2.33. The molecule has 0 spiro atoms. The predicted molar refractivity (Wildman–Crippen MR) is 112 cm³/mol. The van der Waals surface area contributed by atoms with Gasteiger partial charge in [-0.15, -0.1) is 0 Å². The molecular weight excluding hydrogens is 407 g/mol. The minimum atomic E-state index is -3.74. The zero-order valence-electron chi connectivity index (χ0n) is 17.0. The molecule has 1 unspecified atom stereocenters. The van der Waals surface area contributed by atoms with Gasteiger partial charge in [-0.3, -0.25) is 4.79 Å². The third-order valence-electron chi connectivity index (χ3n) is 5.28. The van der Waals surface area contributed by atoms with Gasteiger partial charge in [0.05, 0.1) is 17.9 Å². The molecule has 1 aliphatic rings. The van der Waals surface area contributed by atoms with Crippen LogP contribution in [0.4, 0.5) is 4.39 Å². The fourth-order valence-corrected chi connectivity index (χ4v) is 5.13.